The predicted octanol–water partition coefficient (Wildman–Crippen LogP) is 10.6. The molecule has 334 valence electrons. The molecule has 2 aromatic heterocycles. The van der Waals surface area contributed by atoms with Gasteiger partial charge in [0.25, 0.3) is 0 Å². The molecule has 64 heavy (non-hydrogen) atoms. The van der Waals surface area contributed by atoms with Gasteiger partial charge >= 0.3 is 12.7 Å². The summed E-state index contributed by atoms with van der Waals surface area (Å²) in [5.41, 5.74) is 7.15. The molecule has 0 saturated carbocycles. The van der Waals surface area contributed by atoms with Crippen LogP contribution in [0.25, 0.3) is 44.3 Å². The maximum atomic E-state index is 13.4. The van der Waals surface area contributed by atoms with E-state index in [4.69, 9.17) is 9.97 Å². The van der Waals surface area contributed by atoms with Crippen LogP contribution in [-0.4, -0.2) is 67.4 Å². The molecule has 0 radical (unpaired) electrons. The number of likely N-dealkylation sites (tertiary alicyclic amines) is 2. The van der Waals surface area contributed by atoms with Gasteiger partial charge in [0.15, 0.2) is 0 Å². The van der Waals surface area contributed by atoms with Crippen LogP contribution in [0.15, 0.2) is 109 Å². The summed E-state index contributed by atoms with van der Waals surface area (Å²) in [6.07, 6.45) is -7.45. The maximum Gasteiger partial charge on any atom is 0.573 e. The maximum absolute atomic E-state index is 13.4. The molecule has 0 bridgehead atoms. The van der Waals surface area contributed by atoms with Gasteiger partial charge in [-0.3, -0.25) is 9.59 Å². The molecule has 0 unspecified atom stereocenters. The van der Waals surface area contributed by atoms with Crippen molar-refractivity contribution in [2.24, 2.45) is 0 Å². The second-order valence-electron chi connectivity index (χ2n) is 15.4. The minimum atomic E-state index is -4.87. The minimum Gasteiger partial charge on any atom is -0.405 e. The number of nitrogens with zero attached hydrogens (tertiary/aromatic N) is 4. The highest BCUT2D eigenvalue weighted by molar-refractivity contribution is 7.59. The summed E-state index contributed by atoms with van der Waals surface area (Å²) >= 11 is 0. The van der Waals surface area contributed by atoms with Crippen molar-refractivity contribution < 1.29 is 45.4 Å². The molecule has 2 aliphatic rings. The number of alkyl halides is 6. The number of imidazole rings is 2. The van der Waals surface area contributed by atoms with E-state index in [0.717, 1.165) is 57.2 Å². The smallest absolute Gasteiger partial charge is 0.405 e. The van der Waals surface area contributed by atoms with Gasteiger partial charge in [0.05, 0.1) is 47.0 Å². The van der Waals surface area contributed by atoms with Gasteiger partial charge in [-0.1, -0.05) is 72.8 Å². The summed E-state index contributed by atoms with van der Waals surface area (Å²) in [7, 11) is 0. The summed E-state index contributed by atoms with van der Waals surface area (Å²) in [5, 5.41) is 0. The number of fused-ring (bicyclic) bond motifs is 2. The van der Waals surface area contributed by atoms with E-state index in [1.54, 1.807) is 21.9 Å². The number of nitrogens with one attached hydrogen (secondary N) is 2. The lowest BCUT2D eigenvalue weighted by atomic mass is 10.00. The number of hydrogen-bond donors (Lipinski definition) is 2. The number of amides is 2. The molecule has 2 amide bonds. The van der Waals surface area contributed by atoms with Crippen LogP contribution in [0, 0.1) is 0 Å². The Kier molecular flexibility index (Phi) is 13.3. The van der Waals surface area contributed by atoms with Crippen LogP contribution in [0.1, 0.15) is 60.5 Å². The van der Waals surface area contributed by atoms with Gasteiger partial charge < -0.3 is 29.2 Å². The van der Waals surface area contributed by atoms with Crippen molar-refractivity contribution in [3.05, 3.63) is 132 Å². The largest absolute Gasteiger partial charge is 0.573 e. The highest BCUT2D eigenvalue weighted by atomic mass is 32.1. The standard InChI is InChI=1S/C46H38F6N6O4.2H2S/c47-45(48,49)61-39-11-3-1-7-31(39)25-41(59)57-21-5-9-37(57)43-53-33-19-17-29(23-35(33)55-43)27-13-15-28(16-14-27)30-18-20-34-36(24-30)56-44(54-34)38-10-6-22-58(38)42(60)26-32-8-2-4-12-40(32)62-46(50,51)52;;/h1-4,7-8,11-20,23-24,37-38H,5-6,9-10,21-22,25-26H2,(H,53,55)(H,54,56);2*1H2/t37-,38-;;/m0../s1. The summed E-state index contributed by atoms with van der Waals surface area (Å²) in [4.78, 5) is 46.6. The molecule has 0 spiro atoms. The highest BCUT2D eigenvalue weighted by Crippen LogP contribution is 2.37. The van der Waals surface area contributed by atoms with E-state index in [-0.39, 0.29) is 74.9 Å². The number of H-pyrrole nitrogens is 2. The number of aromatic amines is 2. The normalized spacial score (nSPS) is 16.5. The fourth-order valence-electron chi connectivity index (χ4n) is 8.56. The number of carbonyl (C=O) groups excluding carboxylic acids is 2. The first kappa shape index (κ1) is 45.9. The highest BCUT2D eigenvalue weighted by Gasteiger charge is 2.36. The quantitative estimate of drug-likeness (QED) is 0.132. The number of carbonyl (C=O) groups is 2. The van der Waals surface area contributed by atoms with Crippen LogP contribution < -0.4 is 9.47 Å². The molecule has 2 N–H and O–H groups in total. The topological polar surface area (TPSA) is 116 Å². The van der Waals surface area contributed by atoms with Gasteiger partial charge in [0, 0.05) is 24.2 Å². The molecular weight excluding hydrogens is 879 g/mol. The third-order valence-electron chi connectivity index (χ3n) is 11.4. The molecule has 7 aromatic rings. The Morgan fingerprint density at radius 2 is 0.938 bits per heavy atom. The SMILES string of the molecule is O=C(Cc1ccccc1OC(F)(F)F)N1CCC[C@H]1c1nc2ccc(-c3ccc(-c4ccc5nc([C@@H]6CCCN6C(=O)Cc6ccccc6OC(F)(F)F)[nH]c5c4)cc3)cc2[nH]1.S.S. The Morgan fingerprint density at radius 1 is 0.562 bits per heavy atom. The monoisotopic (exact) mass is 920 g/mol. The van der Waals surface area contributed by atoms with Crippen LogP contribution in [-0.2, 0) is 22.4 Å². The van der Waals surface area contributed by atoms with Crippen molar-refractivity contribution in [3.8, 4) is 33.8 Å². The van der Waals surface area contributed by atoms with E-state index in [0.29, 0.717) is 37.6 Å². The second-order valence-corrected chi connectivity index (χ2v) is 15.4. The number of benzene rings is 5. The zero-order valence-corrected chi connectivity index (χ0v) is 35.9. The van der Waals surface area contributed by atoms with E-state index in [2.05, 4.69) is 19.4 Å². The average Bonchev–Trinajstić information content (AvgIpc) is 4.06. The van der Waals surface area contributed by atoms with Crippen molar-refractivity contribution in [1.82, 2.24) is 29.7 Å². The van der Waals surface area contributed by atoms with Crippen LogP contribution in [0.3, 0.4) is 0 Å². The van der Waals surface area contributed by atoms with Crippen molar-refractivity contribution in [3.63, 3.8) is 0 Å². The molecule has 18 heteroatoms. The molecule has 2 saturated heterocycles. The Hall–Kier alpha value is -6.14. The first-order valence-electron chi connectivity index (χ1n) is 20.1. The molecule has 2 aliphatic heterocycles. The first-order chi connectivity index (χ1) is 29.7. The van der Waals surface area contributed by atoms with Crippen LogP contribution in [0.5, 0.6) is 11.5 Å². The second kappa shape index (κ2) is 18.5. The fraction of sp³-hybridized carbons (Fsp3) is 0.261. The van der Waals surface area contributed by atoms with Gasteiger partial charge in [-0.05, 0) is 84.3 Å². The average molecular weight is 921 g/mol. The van der Waals surface area contributed by atoms with Crippen molar-refractivity contribution >= 4 is 60.9 Å². The Bertz CT molecular complexity index is 2610. The number of para-hydroxylation sites is 2. The number of hydrogen-bond acceptors (Lipinski definition) is 6. The van der Waals surface area contributed by atoms with Crippen molar-refractivity contribution in [2.75, 3.05) is 13.1 Å². The zero-order valence-electron chi connectivity index (χ0n) is 33.9. The first-order valence-corrected chi connectivity index (χ1v) is 20.1. The molecule has 10 nitrogen and oxygen atoms in total. The van der Waals surface area contributed by atoms with Gasteiger partial charge in [0.1, 0.15) is 23.1 Å². The van der Waals surface area contributed by atoms with Gasteiger partial charge in [0.2, 0.25) is 11.8 Å². The summed E-state index contributed by atoms with van der Waals surface area (Å²) in [6.45, 7) is 0.918. The molecule has 9 rings (SSSR count). The predicted molar refractivity (Wildman–Crippen MR) is 238 cm³/mol. The zero-order chi connectivity index (χ0) is 43.2. The lowest BCUT2D eigenvalue weighted by Gasteiger charge is -2.24. The van der Waals surface area contributed by atoms with E-state index in [1.807, 2.05) is 60.7 Å². The number of rotatable bonds is 10. The number of aromatic nitrogens is 4. The summed E-state index contributed by atoms with van der Waals surface area (Å²) in [6, 6.07) is 30.5. The Morgan fingerprint density at radius 3 is 1.33 bits per heavy atom. The van der Waals surface area contributed by atoms with Crippen molar-refractivity contribution in [1.29, 1.82) is 0 Å². The fourth-order valence-corrected chi connectivity index (χ4v) is 8.56. The molecule has 4 heterocycles. The van der Waals surface area contributed by atoms with E-state index in [9.17, 15) is 35.9 Å². The summed E-state index contributed by atoms with van der Waals surface area (Å²) in [5.74, 6) is -0.180. The van der Waals surface area contributed by atoms with Crippen LogP contribution in [0.2, 0.25) is 0 Å². The van der Waals surface area contributed by atoms with Crippen LogP contribution >= 0.6 is 27.0 Å². The number of halogens is 6. The lowest BCUT2D eigenvalue weighted by Crippen LogP contribution is -2.32. The summed E-state index contributed by atoms with van der Waals surface area (Å²) < 4.78 is 86.3. The van der Waals surface area contributed by atoms with E-state index < -0.39 is 24.2 Å². The molecular formula is C46H42F6N6O4S2. The van der Waals surface area contributed by atoms with Crippen LogP contribution in [0.4, 0.5) is 26.3 Å². The third-order valence-corrected chi connectivity index (χ3v) is 11.4. The third kappa shape index (κ3) is 9.97. The van der Waals surface area contributed by atoms with Crippen molar-refractivity contribution in [2.45, 2.75) is 63.3 Å². The molecule has 5 aromatic carbocycles. The van der Waals surface area contributed by atoms with Gasteiger partial charge in [-0.2, -0.15) is 27.0 Å². The van der Waals surface area contributed by atoms with E-state index >= 15 is 0 Å². The lowest BCUT2D eigenvalue weighted by molar-refractivity contribution is -0.275. The van der Waals surface area contributed by atoms with E-state index in [1.165, 1.54) is 36.4 Å². The molecule has 2 fully saturated rings. The van der Waals surface area contributed by atoms with Gasteiger partial charge in [-0.25, -0.2) is 9.97 Å². The Balaban J connectivity index is 0.00000306. The molecule has 0 aliphatic carbocycles. The molecule has 2 atom stereocenters. The Labute approximate surface area is 376 Å². The van der Waals surface area contributed by atoms with Gasteiger partial charge in [-0.15, -0.1) is 26.3 Å². The number of ether oxygens (including phenoxy) is 2. The minimum absolute atomic E-state index is 0.